The molecule has 1 amide bonds. The lowest BCUT2D eigenvalue weighted by Gasteiger charge is -2.18. The number of hydrogen-bond acceptors (Lipinski definition) is 6. The number of aromatic nitrogens is 2. The molecule has 8 nitrogen and oxygen atoms in total. The second-order valence-electron chi connectivity index (χ2n) is 8.18. The maximum atomic E-state index is 14.5. The molecule has 3 aromatic rings. The van der Waals surface area contributed by atoms with Crippen molar-refractivity contribution in [3.05, 3.63) is 63.3 Å². The first-order valence-corrected chi connectivity index (χ1v) is 10.3. The minimum atomic E-state index is -3.71. The lowest BCUT2D eigenvalue weighted by Crippen LogP contribution is -2.42. The molecule has 4 rings (SSSR count). The van der Waals surface area contributed by atoms with Crippen LogP contribution in [0.25, 0.3) is 11.0 Å². The molecule has 0 atom stereocenters. The molecule has 1 aliphatic heterocycles. The van der Waals surface area contributed by atoms with Gasteiger partial charge in [0.15, 0.2) is 5.75 Å². The number of aliphatic hydroxyl groups excluding tert-OH is 1. The van der Waals surface area contributed by atoms with E-state index in [-0.39, 0.29) is 23.1 Å². The Morgan fingerprint density at radius 1 is 1.26 bits per heavy atom. The summed E-state index contributed by atoms with van der Waals surface area (Å²) in [7, 11) is 0. The summed E-state index contributed by atoms with van der Waals surface area (Å²) in [6, 6.07) is 5.40. The Kier molecular flexibility index (Phi) is 6.13. The maximum absolute atomic E-state index is 14.5. The summed E-state index contributed by atoms with van der Waals surface area (Å²) < 4.78 is 69.6. The van der Waals surface area contributed by atoms with Crippen LogP contribution in [0.4, 0.5) is 27.6 Å². The summed E-state index contributed by atoms with van der Waals surface area (Å²) in [4.78, 5) is 29.6. The first-order chi connectivity index (χ1) is 16.4. The Morgan fingerprint density at radius 3 is 2.60 bits per heavy atom. The summed E-state index contributed by atoms with van der Waals surface area (Å²) >= 11 is 0. The van der Waals surface area contributed by atoms with Crippen LogP contribution in [0.2, 0.25) is 0 Å². The number of rotatable bonds is 6. The highest BCUT2D eigenvalue weighted by Gasteiger charge is 2.37. The average molecular weight is 498 g/mol. The van der Waals surface area contributed by atoms with Gasteiger partial charge >= 0.3 is 0 Å². The van der Waals surface area contributed by atoms with Crippen molar-refractivity contribution in [2.45, 2.75) is 24.8 Å². The summed E-state index contributed by atoms with van der Waals surface area (Å²) in [6.07, 6.45) is 1.36. The zero-order chi connectivity index (χ0) is 25.5. The lowest BCUT2D eigenvalue weighted by atomic mass is 10.0. The van der Waals surface area contributed by atoms with Crippen LogP contribution < -0.4 is 16.2 Å². The molecule has 2 aromatic heterocycles. The number of carbonyl (C=O) groups excluding carboxylic acids is 1. The van der Waals surface area contributed by atoms with Gasteiger partial charge in [0.2, 0.25) is 0 Å². The van der Waals surface area contributed by atoms with Gasteiger partial charge in [-0.1, -0.05) is 12.1 Å². The van der Waals surface area contributed by atoms with Gasteiger partial charge in [-0.3, -0.25) is 19.1 Å². The molecular weight excluding hydrogens is 479 g/mol. The van der Waals surface area contributed by atoms with Crippen LogP contribution >= 0.6 is 0 Å². The second kappa shape index (κ2) is 8.80. The molecule has 4 N–H and O–H groups in total. The molecule has 186 valence electrons. The van der Waals surface area contributed by atoms with Gasteiger partial charge in [-0.25, -0.2) is 22.0 Å². The summed E-state index contributed by atoms with van der Waals surface area (Å²) in [5.74, 6) is -10.0. The Balaban J connectivity index is 1.87. The fourth-order valence-electron chi connectivity index (χ4n) is 3.80. The molecule has 0 saturated carbocycles. The fraction of sp³-hybridized carbons (Fsp3) is 0.318. The number of halogens is 5. The van der Waals surface area contributed by atoms with E-state index in [2.05, 4.69) is 10.3 Å². The number of aromatic hydroxyl groups is 1. The van der Waals surface area contributed by atoms with Gasteiger partial charge in [-0.2, -0.15) is 0 Å². The molecule has 1 aliphatic rings. The van der Waals surface area contributed by atoms with Crippen LogP contribution in [0.3, 0.4) is 0 Å². The van der Waals surface area contributed by atoms with E-state index in [1.807, 2.05) is 0 Å². The number of carbonyl (C=O) groups is 1. The fourth-order valence-corrected chi connectivity index (χ4v) is 3.80. The SMILES string of the molecule is O=C(NCC(F)(F)CO)c1c(O)c2ncc(Cc3ccc(F)cc3)c3c2n(c1=O)CC(F)(F)CN3. The second-order valence-corrected chi connectivity index (χ2v) is 8.18. The molecule has 0 unspecified atom stereocenters. The molecule has 35 heavy (non-hydrogen) atoms. The predicted molar refractivity (Wildman–Crippen MR) is 115 cm³/mol. The molecule has 0 saturated heterocycles. The third-order valence-corrected chi connectivity index (χ3v) is 5.51. The molecule has 0 radical (unpaired) electrons. The molecule has 0 fully saturated rings. The highest BCUT2D eigenvalue weighted by atomic mass is 19.3. The molecular formula is C22H19F5N4O4. The van der Waals surface area contributed by atoms with Crippen LogP contribution in [-0.2, 0) is 13.0 Å². The number of pyridine rings is 2. The highest BCUT2D eigenvalue weighted by Crippen LogP contribution is 2.36. The molecule has 3 heterocycles. The van der Waals surface area contributed by atoms with Crippen molar-refractivity contribution in [3.8, 4) is 5.75 Å². The van der Waals surface area contributed by atoms with E-state index in [0.29, 0.717) is 15.7 Å². The predicted octanol–water partition coefficient (Wildman–Crippen LogP) is 2.25. The van der Waals surface area contributed by atoms with Crippen molar-refractivity contribution in [2.75, 3.05) is 25.0 Å². The zero-order valence-electron chi connectivity index (χ0n) is 17.9. The first kappa shape index (κ1) is 24.4. The van der Waals surface area contributed by atoms with Gasteiger partial charge in [-0.05, 0) is 17.7 Å². The number of benzene rings is 1. The van der Waals surface area contributed by atoms with Crippen molar-refractivity contribution in [1.29, 1.82) is 0 Å². The highest BCUT2D eigenvalue weighted by molar-refractivity contribution is 6.04. The maximum Gasteiger partial charge on any atom is 0.287 e. The number of nitrogens with one attached hydrogen (secondary N) is 2. The minimum Gasteiger partial charge on any atom is -0.505 e. The normalized spacial score (nSPS) is 14.9. The van der Waals surface area contributed by atoms with Crippen molar-refractivity contribution in [1.82, 2.24) is 14.9 Å². The minimum absolute atomic E-state index is 0.0580. The van der Waals surface area contributed by atoms with E-state index in [0.717, 1.165) is 0 Å². The average Bonchev–Trinajstić information content (AvgIpc) is 2.95. The van der Waals surface area contributed by atoms with E-state index in [4.69, 9.17) is 5.11 Å². The third-order valence-electron chi connectivity index (χ3n) is 5.51. The monoisotopic (exact) mass is 498 g/mol. The first-order valence-electron chi connectivity index (χ1n) is 10.3. The van der Waals surface area contributed by atoms with Gasteiger partial charge in [0.05, 0.1) is 30.8 Å². The van der Waals surface area contributed by atoms with Crippen LogP contribution in [-0.4, -0.2) is 57.2 Å². The van der Waals surface area contributed by atoms with Crippen LogP contribution in [0.15, 0.2) is 35.3 Å². The number of anilines is 1. The quantitative estimate of drug-likeness (QED) is 0.388. The molecule has 0 spiro atoms. The molecule has 13 heteroatoms. The summed E-state index contributed by atoms with van der Waals surface area (Å²) in [5.41, 5.74) is -1.90. The summed E-state index contributed by atoms with van der Waals surface area (Å²) in [5, 5.41) is 23.6. The lowest BCUT2D eigenvalue weighted by molar-refractivity contribution is -0.0462. The van der Waals surface area contributed by atoms with Crippen LogP contribution in [0.1, 0.15) is 21.5 Å². The van der Waals surface area contributed by atoms with E-state index < -0.39 is 66.7 Å². The van der Waals surface area contributed by atoms with Gasteiger partial charge in [-0.15, -0.1) is 0 Å². The Labute approximate surface area is 194 Å². The summed E-state index contributed by atoms with van der Waals surface area (Å²) in [6.45, 7) is -4.99. The van der Waals surface area contributed by atoms with Gasteiger partial charge in [0.25, 0.3) is 23.3 Å². The standard InChI is InChI=1S/C22H19F5N4O4/c23-13-3-1-11(2-4-13)5-12-6-28-16-17-15(12)29-7-21(24,25)9-31(17)20(35)14(18(16)33)19(34)30-8-22(26,27)10-32/h1-4,6,29,32-33H,5,7-10H2,(H,30,34). The van der Waals surface area contributed by atoms with Crippen molar-refractivity contribution in [3.63, 3.8) is 0 Å². The number of hydrogen-bond donors (Lipinski definition) is 4. The number of amides is 1. The van der Waals surface area contributed by atoms with Gasteiger partial charge < -0.3 is 20.8 Å². The van der Waals surface area contributed by atoms with Gasteiger partial charge in [0, 0.05) is 18.2 Å². The van der Waals surface area contributed by atoms with E-state index in [1.165, 1.54) is 30.5 Å². The number of aliphatic hydroxyl groups is 1. The van der Waals surface area contributed by atoms with E-state index >= 15 is 0 Å². The zero-order valence-corrected chi connectivity index (χ0v) is 17.9. The third kappa shape index (κ3) is 4.76. The van der Waals surface area contributed by atoms with Crippen molar-refractivity contribution < 1.29 is 37.0 Å². The van der Waals surface area contributed by atoms with Crippen LogP contribution in [0.5, 0.6) is 5.75 Å². The molecule has 1 aromatic carbocycles. The van der Waals surface area contributed by atoms with Crippen molar-refractivity contribution >= 4 is 22.6 Å². The number of alkyl halides is 4. The van der Waals surface area contributed by atoms with Crippen molar-refractivity contribution in [2.24, 2.45) is 0 Å². The topological polar surface area (TPSA) is 116 Å². The Morgan fingerprint density at radius 2 is 1.94 bits per heavy atom. The van der Waals surface area contributed by atoms with Crippen LogP contribution in [0, 0.1) is 5.82 Å². The van der Waals surface area contributed by atoms with E-state index in [1.54, 1.807) is 5.32 Å². The Bertz CT molecular complexity index is 1360. The van der Waals surface area contributed by atoms with Gasteiger partial charge in [0.1, 0.15) is 23.5 Å². The smallest absolute Gasteiger partial charge is 0.287 e. The number of nitrogens with zero attached hydrogens (tertiary/aromatic N) is 2. The molecule has 0 bridgehead atoms. The Hall–Kier alpha value is -3.74. The van der Waals surface area contributed by atoms with E-state index in [9.17, 15) is 36.6 Å². The molecule has 0 aliphatic carbocycles. The largest absolute Gasteiger partial charge is 0.505 e.